The van der Waals surface area contributed by atoms with Crippen LogP contribution in [0.5, 0.6) is 0 Å². The molecule has 0 atom stereocenters. The maximum absolute atomic E-state index is 4.00. The Balaban J connectivity index is 2.39. The summed E-state index contributed by atoms with van der Waals surface area (Å²) in [4.78, 5) is 0. The standard InChI is InChI=1S/C21H18/c1-4-18-19(5-2)21(16-12-10-15(3)11-13-16)14-17-8-6-7-9-20(17)18/h4-14H,1-2H2,3H3. The van der Waals surface area contributed by atoms with E-state index in [4.69, 9.17) is 0 Å². The maximum atomic E-state index is 4.00. The first kappa shape index (κ1) is 13.4. The second-order valence-electron chi connectivity index (χ2n) is 5.25. The van der Waals surface area contributed by atoms with E-state index in [1.54, 1.807) is 0 Å². The van der Waals surface area contributed by atoms with Crippen molar-refractivity contribution in [2.24, 2.45) is 0 Å². The van der Waals surface area contributed by atoms with Crippen molar-refractivity contribution in [2.75, 3.05) is 0 Å². The van der Waals surface area contributed by atoms with E-state index in [2.05, 4.69) is 74.7 Å². The van der Waals surface area contributed by atoms with Crippen LogP contribution in [0.1, 0.15) is 16.7 Å². The third kappa shape index (κ3) is 2.30. The average Bonchev–Trinajstić information content (AvgIpc) is 2.53. The number of hydrogen-bond donors (Lipinski definition) is 0. The van der Waals surface area contributed by atoms with E-state index in [9.17, 15) is 0 Å². The Kier molecular flexibility index (Phi) is 3.45. The Morgan fingerprint density at radius 3 is 2.14 bits per heavy atom. The zero-order chi connectivity index (χ0) is 14.8. The van der Waals surface area contributed by atoms with Crippen LogP contribution in [0.2, 0.25) is 0 Å². The van der Waals surface area contributed by atoms with E-state index >= 15 is 0 Å². The molecule has 0 nitrogen and oxygen atoms in total. The largest absolute Gasteiger partial charge is 0.0984 e. The Labute approximate surface area is 126 Å². The molecule has 0 unspecified atom stereocenters. The first-order chi connectivity index (χ1) is 10.2. The van der Waals surface area contributed by atoms with Crippen molar-refractivity contribution in [3.63, 3.8) is 0 Å². The van der Waals surface area contributed by atoms with E-state index in [-0.39, 0.29) is 0 Å². The van der Waals surface area contributed by atoms with Crippen LogP contribution >= 0.6 is 0 Å². The van der Waals surface area contributed by atoms with Gasteiger partial charge < -0.3 is 0 Å². The number of rotatable bonds is 3. The van der Waals surface area contributed by atoms with Crippen LogP contribution in [0.25, 0.3) is 34.1 Å². The van der Waals surface area contributed by atoms with Crippen LogP contribution in [-0.2, 0) is 0 Å². The maximum Gasteiger partial charge on any atom is -0.00992 e. The summed E-state index contributed by atoms with van der Waals surface area (Å²) in [5.74, 6) is 0. The summed E-state index contributed by atoms with van der Waals surface area (Å²) in [6.07, 6.45) is 3.86. The Hall–Kier alpha value is -2.60. The van der Waals surface area contributed by atoms with Crippen molar-refractivity contribution >= 4 is 22.9 Å². The fraction of sp³-hybridized carbons (Fsp3) is 0.0476. The quantitative estimate of drug-likeness (QED) is 0.539. The molecule has 0 heterocycles. The van der Waals surface area contributed by atoms with Gasteiger partial charge in [0.2, 0.25) is 0 Å². The van der Waals surface area contributed by atoms with Gasteiger partial charge in [0.15, 0.2) is 0 Å². The van der Waals surface area contributed by atoms with E-state index in [0.29, 0.717) is 0 Å². The zero-order valence-corrected chi connectivity index (χ0v) is 12.3. The van der Waals surface area contributed by atoms with Crippen molar-refractivity contribution in [3.8, 4) is 11.1 Å². The highest BCUT2D eigenvalue weighted by atomic mass is 14.1. The van der Waals surface area contributed by atoms with E-state index in [1.807, 2.05) is 12.2 Å². The fourth-order valence-corrected chi connectivity index (χ4v) is 2.80. The van der Waals surface area contributed by atoms with Crippen LogP contribution in [0, 0.1) is 6.92 Å². The molecule has 102 valence electrons. The Morgan fingerprint density at radius 2 is 1.48 bits per heavy atom. The molecule has 0 radical (unpaired) electrons. The molecule has 0 aromatic heterocycles. The molecular formula is C21H18. The van der Waals surface area contributed by atoms with Crippen molar-refractivity contribution in [1.82, 2.24) is 0 Å². The van der Waals surface area contributed by atoms with Gasteiger partial charge in [0.1, 0.15) is 0 Å². The van der Waals surface area contributed by atoms with Gasteiger partial charge in [0, 0.05) is 0 Å². The Morgan fingerprint density at radius 1 is 0.810 bits per heavy atom. The number of hydrogen-bond acceptors (Lipinski definition) is 0. The van der Waals surface area contributed by atoms with Gasteiger partial charge in [0.25, 0.3) is 0 Å². The second kappa shape index (κ2) is 5.41. The molecule has 21 heavy (non-hydrogen) atoms. The molecule has 0 amide bonds. The molecule has 0 aliphatic rings. The molecule has 0 N–H and O–H groups in total. The molecule has 0 aliphatic carbocycles. The predicted octanol–water partition coefficient (Wildman–Crippen LogP) is 6.10. The average molecular weight is 270 g/mol. The van der Waals surface area contributed by atoms with Gasteiger partial charge in [-0.2, -0.15) is 0 Å². The lowest BCUT2D eigenvalue weighted by atomic mass is 9.90. The third-order valence-electron chi connectivity index (χ3n) is 3.90. The molecule has 3 aromatic rings. The zero-order valence-electron chi connectivity index (χ0n) is 12.3. The fourth-order valence-electron chi connectivity index (χ4n) is 2.80. The monoisotopic (exact) mass is 270 g/mol. The molecule has 0 saturated heterocycles. The highest BCUT2D eigenvalue weighted by molar-refractivity contribution is 5.99. The van der Waals surface area contributed by atoms with Gasteiger partial charge in [-0.1, -0.05) is 79.4 Å². The van der Waals surface area contributed by atoms with Gasteiger partial charge in [-0.3, -0.25) is 0 Å². The molecule has 0 saturated carbocycles. The van der Waals surface area contributed by atoms with Crippen molar-refractivity contribution in [2.45, 2.75) is 6.92 Å². The minimum atomic E-state index is 1.15. The first-order valence-electron chi connectivity index (χ1n) is 7.12. The van der Waals surface area contributed by atoms with E-state index in [1.165, 1.54) is 27.5 Å². The molecule has 0 fully saturated rings. The molecule has 0 heteroatoms. The summed E-state index contributed by atoms with van der Waals surface area (Å²) in [6.45, 7) is 10.1. The summed E-state index contributed by atoms with van der Waals surface area (Å²) < 4.78 is 0. The van der Waals surface area contributed by atoms with Crippen LogP contribution in [-0.4, -0.2) is 0 Å². The number of aryl methyl sites for hydroxylation is 1. The highest BCUT2D eigenvalue weighted by Crippen LogP contribution is 2.34. The van der Waals surface area contributed by atoms with Gasteiger partial charge in [-0.05, 0) is 46.0 Å². The van der Waals surface area contributed by atoms with Gasteiger partial charge in [0.05, 0.1) is 0 Å². The predicted molar refractivity (Wildman–Crippen MR) is 94.3 cm³/mol. The van der Waals surface area contributed by atoms with E-state index in [0.717, 1.165) is 11.1 Å². The molecule has 3 rings (SSSR count). The molecular weight excluding hydrogens is 252 g/mol. The number of benzene rings is 3. The van der Waals surface area contributed by atoms with Crippen LogP contribution in [0.4, 0.5) is 0 Å². The van der Waals surface area contributed by atoms with Crippen LogP contribution in [0.15, 0.2) is 67.8 Å². The van der Waals surface area contributed by atoms with Gasteiger partial charge in [-0.25, -0.2) is 0 Å². The third-order valence-corrected chi connectivity index (χ3v) is 3.90. The van der Waals surface area contributed by atoms with Gasteiger partial charge in [-0.15, -0.1) is 0 Å². The second-order valence-corrected chi connectivity index (χ2v) is 5.25. The minimum absolute atomic E-state index is 1.15. The SMILES string of the molecule is C=Cc1c(-c2ccc(C)cc2)cc2ccccc2c1C=C. The minimum Gasteiger partial charge on any atom is -0.0984 e. The van der Waals surface area contributed by atoms with Crippen LogP contribution in [0.3, 0.4) is 0 Å². The lowest BCUT2D eigenvalue weighted by molar-refractivity contribution is 1.47. The normalized spacial score (nSPS) is 10.5. The summed E-state index contributed by atoms with van der Waals surface area (Å²) >= 11 is 0. The smallest absolute Gasteiger partial charge is 0.00992 e. The molecule has 0 aliphatic heterocycles. The molecule has 0 spiro atoms. The van der Waals surface area contributed by atoms with Crippen molar-refractivity contribution in [3.05, 3.63) is 84.4 Å². The van der Waals surface area contributed by atoms with Crippen molar-refractivity contribution in [1.29, 1.82) is 0 Å². The van der Waals surface area contributed by atoms with Crippen molar-refractivity contribution < 1.29 is 0 Å². The Bertz CT molecular complexity index is 821. The van der Waals surface area contributed by atoms with E-state index < -0.39 is 0 Å². The summed E-state index contributed by atoms with van der Waals surface area (Å²) in [5, 5.41) is 2.45. The first-order valence-corrected chi connectivity index (χ1v) is 7.12. The summed E-state index contributed by atoms with van der Waals surface area (Å²) in [6, 6.07) is 19.3. The van der Waals surface area contributed by atoms with Crippen LogP contribution < -0.4 is 0 Å². The number of fused-ring (bicyclic) bond motifs is 1. The summed E-state index contributed by atoms with van der Waals surface area (Å²) in [7, 11) is 0. The topological polar surface area (TPSA) is 0 Å². The van der Waals surface area contributed by atoms with Gasteiger partial charge >= 0.3 is 0 Å². The molecule has 3 aromatic carbocycles. The highest BCUT2D eigenvalue weighted by Gasteiger charge is 2.10. The lowest BCUT2D eigenvalue weighted by Gasteiger charge is -2.14. The molecule has 0 bridgehead atoms. The summed E-state index contributed by atoms with van der Waals surface area (Å²) in [5.41, 5.74) is 5.98. The lowest BCUT2D eigenvalue weighted by Crippen LogP contribution is -1.90.